The third kappa shape index (κ3) is 1.48. The molecule has 0 bridgehead atoms. The molecule has 1 nitrogen and oxygen atoms in total. The van der Waals surface area contributed by atoms with E-state index in [0.717, 1.165) is 5.70 Å². The monoisotopic (exact) mass is 199 g/mol. The molecule has 1 aliphatic rings. The van der Waals surface area contributed by atoms with Gasteiger partial charge in [-0.05, 0) is 49.6 Å². The van der Waals surface area contributed by atoms with Gasteiger partial charge in [0.05, 0.1) is 0 Å². The molecule has 2 rings (SSSR count). The number of benzene rings is 1. The van der Waals surface area contributed by atoms with Crippen LogP contribution in [0.2, 0.25) is 0 Å². The molecule has 0 atom stereocenters. The lowest BCUT2D eigenvalue weighted by Gasteiger charge is -2.30. The molecule has 0 spiro atoms. The Balaban J connectivity index is 2.72. The number of rotatable bonds is 0. The molecule has 1 heterocycles. The summed E-state index contributed by atoms with van der Waals surface area (Å²) in [6.45, 7) is 10.5. The molecule has 78 valence electrons. The van der Waals surface area contributed by atoms with Gasteiger partial charge < -0.3 is 4.90 Å². The van der Waals surface area contributed by atoms with E-state index in [4.69, 9.17) is 0 Å². The first-order valence-corrected chi connectivity index (χ1v) is 5.23. The van der Waals surface area contributed by atoms with Crippen molar-refractivity contribution < 1.29 is 0 Å². The predicted octanol–water partition coefficient (Wildman–Crippen LogP) is 3.67. The minimum Gasteiger partial charge on any atom is -0.344 e. The van der Waals surface area contributed by atoms with Gasteiger partial charge in [-0.3, -0.25) is 0 Å². The van der Waals surface area contributed by atoms with Crippen LogP contribution in [0.3, 0.4) is 0 Å². The second-order valence-electron chi connectivity index (χ2n) is 4.35. The summed E-state index contributed by atoms with van der Waals surface area (Å²) in [4.78, 5) is 2.17. The van der Waals surface area contributed by atoms with Crippen LogP contribution in [-0.4, -0.2) is 7.05 Å². The Morgan fingerprint density at radius 1 is 1.13 bits per heavy atom. The smallest absolute Gasteiger partial charge is 0.0487 e. The van der Waals surface area contributed by atoms with Gasteiger partial charge in [0.25, 0.3) is 0 Å². The van der Waals surface area contributed by atoms with Crippen molar-refractivity contribution in [3.05, 3.63) is 46.7 Å². The molecule has 0 aromatic heterocycles. The lowest BCUT2D eigenvalue weighted by Crippen LogP contribution is -2.20. The average Bonchev–Trinajstić information content (AvgIpc) is 2.17. The Hall–Kier alpha value is -1.50. The zero-order valence-electron chi connectivity index (χ0n) is 9.89. The molecule has 0 fully saturated rings. The van der Waals surface area contributed by atoms with Crippen LogP contribution in [0.15, 0.2) is 30.0 Å². The highest BCUT2D eigenvalue weighted by atomic mass is 15.1. The van der Waals surface area contributed by atoms with Crippen molar-refractivity contribution in [2.75, 3.05) is 11.9 Å². The first kappa shape index (κ1) is 10.0. The minimum absolute atomic E-state index is 1.09. The highest BCUT2D eigenvalue weighted by Crippen LogP contribution is 2.35. The Morgan fingerprint density at radius 2 is 1.80 bits per heavy atom. The zero-order chi connectivity index (χ0) is 11.2. The van der Waals surface area contributed by atoms with Crippen molar-refractivity contribution >= 4 is 11.8 Å². The van der Waals surface area contributed by atoms with Crippen molar-refractivity contribution in [3.8, 4) is 0 Å². The summed E-state index contributed by atoms with van der Waals surface area (Å²) in [5.74, 6) is 0. The van der Waals surface area contributed by atoms with Crippen molar-refractivity contribution in [1.82, 2.24) is 0 Å². The van der Waals surface area contributed by atoms with Crippen LogP contribution in [-0.2, 0) is 0 Å². The van der Waals surface area contributed by atoms with Gasteiger partial charge in [0, 0.05) is 24.0 Å². The van der Waals surface area contributed by atoms with Gasteiger partial charge in [0.15, 0.2) is 0 Å². The molecule has 0 saturated carbocycles. The lowest BCUT2D eigenvalue weighted by atomic mass is 9.96. The molecule has 1 aliphatic heterocycles. The number of aryl methyl sites for hydroxylation is 2. The summed E-state index contributed by atoms with van der Waals surface area (Å²) in [6.07, 6.45) is 2.23. The fourth-order valence-electron chi connectivity index (χ4n) is 2.13. The van der Waals surface area contributed by atoms with E-state index in [9.17, 15) is 0 Å². The topological polar surface area (TPSA) is 3.24 Å². The fraction of sp³-hybridized carbons (Fsp3) is 0.286. The lowest BCUT2D eigenvalue weighted by molar-refractivity contribution is 1.08. The maximum Gasteiger partial charge on any atom is 0.0487 e. The molecule has 0 unspecified atom stereocenters. The molecule has 15 heavy (non-hydrogen) atoms. The van der Waals surface area contributed by atoms with E-state index < -0.39 is 0 Å². The minimum atomic E-state index is 1.09. The van der Waals surface area contributed by atoms with Crippen LogP contribution in [0, 0.1) is 13.8 Å². The van der Waals surface area contributed by atoms with E-state index in [1.54, 1.807) is 0 Å². The molecular formula is C14H17N. The largest absolute Gasteiger partial charge is 0.344 e. The number of anilines is 1. The van der Waals surface area contributed by atoms with E-state index in [2.05, 4.69) is 57.5 Å². The second kappa shape index (κ2) is 3.27. The van der Waals surface area contributed by atoms with E-state index in [0.29, 0.717) is 0 Å². The van der Waals surface area contributed by atoms with Gasteiger partial charge in [-0.25, -0.2) is 0 Å². The zero-order valence-corrected chi connectivity index (χ0v) is 9.89. The number of fused-ring (bicyclic) bond motifs is 1. The Kier molecular flexibility index (Phi) is 2.18. The molecule has 0 aliphatic carbocycles. The summed E-state index contributed by atoms with van der Waals surface area (Å²) in [7, 11) is 2.08. The van der Waals surface area contributed by atoms with Crippen LogP contribution < -0.4 is 4.90 Å². The first-order valence-electron chi connectivity index (χ1n) is 5.23. The average molecular weight is 199 g/mol. The maximum atomic E-state index is 4.09. The summed E-state index contributed by atoms with van der Waals surface area (Å²) in [5, 5.41) is 0. The van der Waals surface area contributed by atoms with Crippen molar-refractivity contribution in [3.63, 3.8) is 0 Å². The van der Waals surface area contributed by atoms with E-state index in [1.165, 1.54) is 28.0 Å². The quantitative estimate of drug-likeness (QED) is 0.616. The van der Waals surface area contributed by atoms with Crippen molar-refractivity contribution in [2.24, 2.45) is 0 Å². The number of allylic oxidation sites excluding steroid dienone is 1. The molecule has 0 saturated heterocycles. The van der Waals surface area contributed by atoms with E-state index in [-0.39, 0.29) is 0 Å². The van der Waals surface area contributed by atoms with Crippen LogP contribution >= 0.6 is 0 Å². The van der Waals surface area contributed by atoms with Crippen molar-refractivity contribution in [1.29, 1.82) is 0 Å². The number of hydrogen-bond acceptors (Lipinski definition) is 1. The van der Waals surface area contributed by atoms with E-state index >= 15 is 0 Å². The Morgan fingerprint density at radius 3 is 2.47 bits per heavy atom. The molecule has 0 amide bonds. The molecular weight excluding hydrogens is 182 g/mol. The van der Waals surface area contributed by atoms with Crippen LogP contribution in [0.25, 0.3) is 6.08 Å². The number of nitrogens with zero attached hydrogens (tertiary/aromatic N) is 1. The molecule has 1 aromatic carbocycles. The Labute approximate surface area is 91.7 Å². The van der Waals surface area contributed by atoms with Gasteiger partial charge >= 0.3 is 0 Å². The second-order valence-corrected chi connectivity index (χ2v) is 4.35. The van der Waals surface area contributed by atoms with E-state index in [1.807, 2.05) is 0 Å². The third-order valence-corrected chi connectivity index (χ3v) is 3.09. The number of likely N-dealkylation sites (N-methyl/N-ethyl adjacent to an activating group) is 1. The van der Waals surface area contributed by atoms with Crippen LogP contribution in [0.1, 0.15) is 23.6 Å². The Bertz CT molecular complexity index is 466. The van der Waals surface area contributed by atoms with Crippen LogP contribution in [0.4, 0.5) is 5.69 Å². The SMILES string of the molecule is C=C1C(C)=Cc2c(C)cc(C)cc2N1C. The first-order chi connectivity index (χ1) is 7.00. The van der Waals surface area contributed by atoms with Gasteiger partial charge in [-0.1, -0.05) is 12.6 Å². The van der Waals surface area contributed by atoms with Crippen molar-refractivity contribution in [2.45, 2.75) is 20.8 Å². The normalized spacial score (nSPS) is 15.1. The fourth-order valence-corrected chi connectivity index (χ4v) is 2.13. The number of hydrogen-bond donors (Lipinski definition) is 0. The van der Waals surface area contributed by atoms with Gasteiger partial charge in [-0.2, -0.15) is 0 Å². The van der Waals surface area contributed by atoms with Gasteiger partial charge in [0.2, 0.25) is 0 Å². The summed E-state index contributed by atoms with van der Waals surface area (Å²) >= 11 is 0. The highest BCUT2D eigenvalue weighted by molar-refractivity contribution is 5.80. The third-order valence-electron chi connectivity index (χ3n) is 3.09. The predicted molar refractivity (Wildman–Crippen MR) is 67.1 cm³/mol. The molecule has 0 radical (unpaired) electrons. The summed E-state index contributed by atoms with van der Waals surface area (Å²) < 4.78 is 0. The standard InChI is InChI=1S/C14H17N/c1-9-6-11(3)13-8-10(2)12(4)15(5)14(13)7-9/h6-8H,4H2,1-3,5H3. The van der Waals surface area contributed by atoms with Gasteiger partial charge in [-0.15, -0.1) is 0 Å². The molecule has 1 aromatic rings. The van der Waals surface area contributed by atoms with Gasteiger partial charge in [0.1, 0.15) is 0 Å². The highest BCUT2D eigenvalue weighted by Gasteiger charge is 2.17. The maximum absolute atomic E-state index is 4.09. The summed E-state index contributed by atoms with van der Waals surface area (Å²) in [6, 6.07) is 4.45. The molecule has 1 heteroatoms. The summed E-state index contributed by atoms with van der Waals surface area (Å²) in [5.41, 5.74) is 7.57. The van der Waals surface area contributed by atoms with Crippen LogP contribution in [0.5, 0.6) is 0 Å². The molecule has 0 N–H and O–H groups in total.